The molecule has 0 heterocycles. The van der Waals surface area contributed by atoms with E-state index >= 15 is 0 Å². The Balaban J connectivity index is 0. The zero-order valence-corrected chi connectivity index (χ0v) is 10.8. The molecule has 104 valence electrons. The van der Waals surface area contributed by atoms with Crippen molar-refractivity contribution in [3.05, 3.63) is 25.3 Å². The van der Waals surface area contributed by atoms with Gasteiger partial charge in [-0.1, -0.05) is 13.2 Å². The third-order valence-electron chi connectivity index (χ3n) is 1.40. The molecule has 6 heteroatoms. The van der Waals surface area contributed by atoms with Gasteiger partial charge in [0.05, 0.1) is 13.2 Å². The van der Waals surface area contributed by atoms with Gasteiger partial charge in [-0.3, -0.25) is 0 Å². The van der Waals surface area contributed by atoms with Gasteiger partial charge in [-0.2, -0.15) is 0 Å². The van der Waals surface area contributed by atoms with Gasteiger partial charge in [0.15, 0.2) is 0 Å². The summed E-state index contributed by atoms with van der Waals surface area (Å²) in [6.45, 7) is 7.89. The highest BCUT2D eigenvalue weighted by atomic mass is 16.6. The molecule has 0 saturated heterocycles. The van der Waals surface area contributed by atoms with Gasteiger partial charge in [0, 0.05) is 26.4 Å². The molecule has 0 radical (unpaired) electrons. The van der Waals surface area contributed by atoms with Crippen LogP contribution in [0.15, 0.2) is 25.3 Å². The predicted molar refractivity (Wildman–Crippen MR) is 66.1 cm³/mol. The molecule has 6 nitrogen and oxygen atoms in total. The Kier molecular flexibility index (Phi) is 15.9. The first kappa shape index (κ1) is 18.7. The average molecular weight is 260 g/mol. The maximum Gasteiger partial charge on any atom is 0.330 e. The lowest BCUT2D eigenvalue weighted by Gasteiger charge is -1.98. The van der Waals surface area contributed by atoms with Crippen LogP contribution in [0.2, 0.25) is 0 Å². The molecule has 0 aromatic carbocycles. The largest absolute Gasteiger partial charge is 0.460 e. The van der Waals surface area contributed by atoms with Gasteiger partial charge in [-0.05, 0) is 0 Å². The van der Waals surface area contributed by atoms with Gasteiger partial charge in [0.1, 0.15) is 13.2 Å². The lowest BCUT2D eigenvalue weighted by atomic mass is 10.6. The fourth-order valence-corrected chi connectivity index (χ4v) is 0.569. The summed E-state index contributed by atoms with van der Waals surface area (Å²) in [5, 5.41) is 0. The Morgan fingerprint density at radius 2 is 1.17 bits per heavy atom. The Morgan fingerprint density at radius 3 is 1.39 bits per heavy atom. The summed E-state index contributed by atoms with van der Waals surface area (Å²) in [7, 11) is 3.09. The van der Waals surface area contributed by atoms with Crippen LogP contribution in [0.4, 0.5) is 0 Å². The first-order chi connectivity index (χ1) is 8.62. The van der Waals surface area contributed by atoms with E-state index in [1.54, 1.807) is 14.2 Å². The van der Waals surface area contributed by atoms with E-state index in [9.17, 15) is 9.59 Å². The molecule has 0 aliphatic rings. The second kappa shape index (κ2) is 15.3. The summed E-state index contributed by atoms with van der Waals surface area (Å²) in [5.74, 6) is -0.820. The smallest absolute Gasteiger partial charge is 0.330 e. The maximum absolute atomic E-state index is 10.3. The van der Waals surface area contributed by atoms with E-state index in [-0.39, 0.29) is 0 Å². The number of methoxy groups -OCH3 is 2. The van der Waals surface area contributed by atoms with Crippen molar-refractivity contribution >= 4 is 11.9 Å². The maximum atomic E-state index is 10.3. The summed E-state index contributed by atoms with van der Waals surface area (Å²) in [4.78, 5) is 20.6. The first-order valence-electron chi connectivity index (χ1n) is 5.18. The highest BCUT2D eigenvalue weighted by Crippen LogP contribution is 1.78. The van der Waals surface area contributed by atoms with Crippen LogP contribution in [0.1, 0.15) is 0 Å². The van der Waals surface area contributed by atoms with Crippen LogP contribution in [0.5, 0.6) is 0 Å². The molecule has 0 unspecified atom stereocenters. The molecule has 0 saturated carbocycles. The first-order valence-corrected chi connectivity index (χ1v) is 5.18. The van der Waals surface area contributed by atoms with Crippen LogP contribution < -0.4 is 0 Å². The lowest BCUT2D eigenvalue weighted by Crippen LogP contribution is -2.06. The van der Waals surface area contributed by atoms with E-state index in [4.69, 9.17) is 0 Å². The van der Waals surface area contributed by atoms with E-state index in [1.807, 2.05) is 0 Å². The molecule has 0 aromatic rings. The fraction of sp³-hybridized carbons (Fsp3) is 0.500. The van der Waals surface area contributed by atoms with Crippen LogP contribution in [0, 0.1) is 0 Å². The molecule has 0 N–H and O–H groups in total. The summed E-state index contributed by atoms with van der Waals surface area (Å²) in [6.07, 6.45) is 2.24. The second-order valence-electron chi connectivity index (χ2n) is 2.73. The molecule has 18 heavy (non-hydrogen) atoms. The normalized spacial score (nSPS) is 8.56. The summed E-state index contributed by atoms with van der Waals surface area (Å²) < 4.78 is 18.3. The van der Waals surface area contributed by atoms with Gasteiger partial charge in [-0.15, -0.1) is 0 Å². The van der Waals surface area contributed by atoms with Crippen molar-refractivity contribution in [3.63, 3.8) is 0 Å². The topological polar surface area (TPSA) is 71.1 Å². The van der Waals surface area contributed by atoms with Crippen LogP contribution >= 0.6 is 0 Å². The third kappa shape index (κ3) is 16.8. The number of carbonyl (C=O) groups is 2. The molecular weight excluding hydrogens is 240 g/mol. The number of ether oxygens (including phenoxy) is 4. The number of rotatable bonds is 8. The lowest BCUT2D eigenvalue weighted by molar-refractivity contribution is -0.139. The fourth-order valence-electron chi connectivity index (χ4n) is 0.569. The zero-order valence-electron chi connectivity index (χ0n) is 10.8. The molecular formula is C12H20O6. The van der Waals surface area contributed by atoms with E-state index in [1.165, 1.54) is 0 Å². The highest BCUT2D eigenvalue weighted by molar-refractivity contribution is 5.81. The molecule has 0 aromatic heterocycles. The van der Waals surface area contributed by atoms with Crippen molar-refractivity contribution in [1.82, 2.24) is 0 Å². The minimum atomic E-state index is -0.410. The quantitative estimate of drug-likeness (QED) is 0.364. The zero-order chi connectivity index (χ0) is 14.2. The van der Waals surface area contributed by atoms with Crippen molar-refractivity contribution in [3.8, 4) is 0 Å². The molecule has 0 bridgehead atoms. The number of hydrogen-bond donors (Lipinski definition) is 0. The average Bonchev–Trinajstić information content (AvgIpc) is 2.39. The van der Waals surface area contributed by atoms with Gasteiger partial charge in [0.2, 0.25) is 0 Å². The number of esters is 2. The van der Waals surface area contributed by atoms with Crippen molar-refractivity contribution in [2.75, 3.05) is 40.6 Å². The van der Waals surface area contributed by atoms with Gasteiger partial charge < -0.3 is 18.9 Å². The van der Waals surface area contributed by atoms with Crippen molar-refractivity contribution in [2.24, 2.45) is 0 Å². The van der Waals surface area contributed by atoms with Gasteiger partial charge in [0.25, 0.3) is 0 Å². The molecule has 0 aliphatic carbocycles. The van der Waals surface area contributed by atoms with E-state index in [0.717, 1.165) is 12.2 Å². The van der Waals surface area contributed by atoms with Crippen molar-refractivity contribution in [1.29, 1.82) is 0 Å². The second-order valence-corrected chi connectivity index (χ2v) is 2.73. The van der Waals surface area contributed by atoms with E-state index in [2.05, 4.69) is 32.1 Å². The monoisotopic (exact) mass is 260 g/mol. The molecule has 0 spiro atoms. The summed E-state index contributed by atoms with van der Waals surface area (Å²) in [6, 6.07) is 0. The van der Waals surface area contributed by atoms with E-state index in [0.29, 0.717) is 26.4 Å². The Morgan fingerprint density at radius 1 is 0.833 bits per heavy atom. The molecule has 0 fully saturated rings. The Bertz CT molecular complexity index is 223. The summed E-state index contributed by atoms with van der Waals surface area (Å²) >= 11 is 0. The van der Waals surface area contributed by atoms with Gasteiger partial charge in [-0.25, -0.2) is 9.59 Å². The van der Waals surface area contributed by atoms with Crippen LogP contribution in [0.3, 0.4) is 0 Å². The van der Waals surface area contributed by atoms with Gasteiger partial charge >= 0.3 is 11.9 Å². The minimum Gasteiger partial charge on any atom is -0.460 e. The highest BCUT2D eigenvalue weighted by Gasteiger charge is 1.92. The molecule has 0 atom stereocenters. The minimum absolute atomic E-state index is 0.293. The van der Waals surface area contributed by atoms with Crippen LogP contribution in [0.25, 0.3) is 0 Å². The number of hydrogen-bond acceptors (Lipinski definition) is 6. The van der Waals surface area contributed by atoms with Crippen molar-refractivity contribution in [2.45, 2.75) is 0 Å². The molecule has 0 rings (SSSR count). The molecule has 0 amide bonds. The van der Waals surface area contributed by atoms with Crippen molar-refractivity contribution < 1.29 is 28.5 Å². The van der Waals surface area contributed by atoms with E-state index < -0.39 is 11.9 Å². The molecule has 0 aliphatic heterocycles. The standard InChI is InChI=1S/2C6H10O3/c2*1-3-6(7)9-5-4-8-2/h2*3H,1,4-5H2,2H3. The SMILES string of the molecule is C=CC(=O)OCCOC.C=CC(=O)OCCOC. The van der Waals surface area contributed by atoms with Crippen LogP contribution in [-0.4, -0.2) is 52.6 Å². The van der Waals surface area contributed by atoms with Crippen LogP contribution in [-0.2, 0) is 28.5 Å². The predicted octanol–water partition coefficient (Wildman–Crippen LogP) is 0.724. The third-order valence-corrected chi connectivity index (χ3v) is 1.40. The number of carbonyl (C=O) groups excluding carboxylic acids is 2. The Labute approximate surface area is 107 Å². The Hall–Kier alpha value is -1.66. The summed E-state index contributed by atoms with van der Waals surface area (Å²) in [5.41, 5.74) is 0.